The number of nitrogens with one attached hydrogen (secondary N) is 2. The first-order chi connectivity index (χ1) is 15.3. The van der Waals surface area contributed by atoms with Crippen LogP contribution in [0.3, 0.4) is 0 Å². The maximum Gasteiger partial charge on any atom is 0.267 e. The van der Waals surface area contributed by atoms with Crippen molar-refractivity contribution < 1.29 is 22.3 Å². The van der Waals surface area contributed by atoms with Gasteiger partial charge in [0, 0.05) is 21.7 Å². The van der Waals surface area contributed by atoms with Crippen molar-refractivity contribution in [1.82, 2.24) is 4.98 Å². The molecule has 7 nitrogen and oxygen atoms in total. The van der Waals surface area contributed by atoms with Crippen LogP contribution in [0.1, 0.15) is 9.67 Å². The summed E-state index contributed by atoms with van der Waals surface area (Å²) < 4.78 is 47.9. The highest BCUT2D eigenvalue weighted by atomic mass is 79.9. The summed E-state index contributed by atoms with van der Waals surface area (Å²) in [5.41, 5.74) is 0.462. The van der Waals surface area contributed by atoms with Gasteiger partial charge in [0.05, 0.1) is 12.8 Å². The first-order valence-corrected chi connectivity index (χ1v) is 12.2. The lowest BCUT2D eigenvalue weighted by atomic mass is 10.2. The van der Waals surface area contributed by atoms with Crippen molar-refractivity contribution in [3.8, 4) is 5.75 Å². The Morgan fingerprint density at radius 2 is 1.91 bits per heavy atom. The first kappa shape index (κ1) is 22.2. The molecule has 2 aromatic heterocycles. The van der Waals surface area contributed by atoms with E-state index in [1.165, 1.54) is 43.5 Å². The monoisotopic (exact) mass is 535 g/mol. The van der Waals surface area contributed by atoms with E-state index in [9.17, 15) is 17.6 Å². The predicted octanol–water partition coefficient (Wildman–Crippen LogP) is 5.26. The Kier molecular flexibility index (Phi) is 6.13. The molecule has 0 saturated carbocycles. The third-order valence-electron chi connectivity index (χ3n) is 4.43. The molecule has 0 fully saturated rings. The topological polar surface area (TPSA) is 97.4 Å². The Bertz CT molecular complexity index is 1420. The maximum atomic E-state index is 13.2. The summed E-state index contributed by atoms with van der Waals surface area (Å²) in [7, 11) is -2.76. The lowest BCUT2D eigenvalue weighted by molar-refractivity contribution is 0.103. The van der Waals surface area contributed by atoms with Crippen LogP contribution in [0.4, 0.5) is 15.8 Å². The van der Waals surface area contributed by atoms with Gasteiger partial charge in [-0.05, 0) is 54.6 Å². The summed E-state index contributed by atoms with van der Waals surface area (Å²) in [5.74, 6) is -0.848. The highest BCUT2D eigenvalue weighted by Gasteiger charge is 2.26. The number of benzene rings is 2. The number of rotatable bonds is 6. The largest absolute Gasteiger partial charge is 0.495 e. The molecule has 2 aromatic carbocycles. The van der Waals surface area contributed by atoms with Crippen LogP contribution in [0.15, 0.2) is 70.2 Å². The van der Waals surface area contributed by atoms with Gasteiger partial charge >= 0.3 is 0 Å². The Labute approximate surface area is 195 Å². The van der Waals surface area contributed by atoms with Gasteiger partial charge in [0.15, 0.2) is 0 Å². The summed E-state index contributed by atoms with van der Waals surface area (Å²) in [6.07, 6.45) is 1.55. The molecule has 4 rings (SSSR count). The van der Waals surface area contributed by atoms with E-state index < -0.39 is 21.7 Å². The van der Waals surface area contributed by atoms with E-state index in [4.69, 9.17) is 4.74 Å². The van der Waals surface area contributed by atoms with E-state index in [-0.39, 0.29) is 21.2 Å². The van der Waals surface area contributed by atoms with Gasteiger partial charge in [-0.1, -0.05) is 15.9 Å². The number of hydrogen-bond donors (Lipinski definition) is 2. The zero-order valence-corrected chi connectivity index (χ0v) is 19.6. The van der Waals surface area contributed by atoms with Crippen molar-refractivity contribution >= 4 is 64.8 Å². The molecule has 1 amide bonds. The molecule has 0 unspecified atom stereocenters. The molecule has 0 aliphatic rings. The second-order valence-corrected chi connectivity index (χ2v) is 10.1. The number of carbonyl (C=O) groups is 1. The van der Waals surface area contributed by atoms with Crippen LogP contribution >= 0.6 is 27.3 Å². The Balaban J connectivity index is 1.77. The minimum atomic E-state index is -4.13. The van der Waals surface area contributed by atoms with Crippen LogP contribution < -0.4 is 14.8 Å². The molecule has 0 saturated heterocycles. The number of fused-ring (bicyclic) bond motifs is 1. The fourth-order valence-electron chi connectivity index (χ4n) is 2.96. The average molecular weight is 536 g/mol. The summed E-state index contributed by atoms with van der Waals surface area (Å²) >= 11 is 4.31. The Hall–Kier alpha value is -3.02. The van der Waals surface area contributed by atoms with E-state index in [1.54, 1.807) is 24.4 Å². The van der Waals surface area contributed by atoms with Crippen molar-refractivity contribution in [2.75, 3.05) is 17.1 Å². The third-order valence-corrected chi connectivity index (χ3v) is 7.40. The Morgan fingerprint density at radius 3 is 2.62 bits per heavy atom. The van der Waals surface area contributed by atoms with Gasteiger partial charge in [-0.25, -0.2) is 17.8 Å². The molecule has 32 heavy (non-hydrogen) atoms. The van der Waals surface area contributed by atoms with Crippen LogP contribution in [-0.2, 0) is 10.0 Å². The number of sulfonamides is 1. The SMILES string of the molecule is COc1ccc(Br)cc1S(=O)(=O)Nc1c(C(=O)Nc2ccc(F)cc2)sc2ncccc12. The molecule has 2 heterocycles. The lowest BCUT2D eigenvalue weighted by Gasteiger charge is -2.13. The predicted molar refractivity (Wildman–Crippen MR) is 125 cm³/mol. The van der Waals surface area contributed by atoms with Crippen LogP contribution in [0.2, 0.25) is 0 Å². The number of anilines is 2. The van der Waals surface area contributed by atoms with E-state index in [1.807, 2.05) is 0 Å². The fraction of sp³-hybridized carbons (Fsp3) is 0.0476. The maximum absolute atomic E-state index is 13.2. The number of nitrogens with zero attached hydrogens (tertiary/aromatic N) is 1. The average Bonchev–Trinajstić information content (AvgIpc) is 3.13. The molecule has 0 bridgehead atoms. The number of aromatic nitrogens is 1. The summed E-state index contributed by atoms with van der Waals surface area (Å²) in [6.45, 7) is 0. The quantitative estimate of drug-likeness (QED) is 0.351. The van der Waals surface area contributed by atoms with Gasteiger partial charge in [-0.3, -0.25) is 9.52 Å². The highest BCUT2D eigenvalue weighted by molar-refractivity contribution is 9.10. The summed E-state index contributed by atoms with van der Waals surface area (Å²) in [5, 5.41) is 3.13. The van der Waals surface area contributed by atoms with Crippen molar-refractivity contribution in [2.45, 2.75) is 4.90 Å². The summed E-state index contributed by atoms with van der Waals surface area (Å²) in [4.78, 5) is 17.7. The number of amides is 1. The van der Waals surface area contributed by atoms with E-state index in [0.29, 0.717) is 20.4 Å². The van der Waals surface area contributed by atoms with Gasteiger partial charge in [-0.15, -0.1) is 11.3 Å². The molecular formula is C21H15BrFN3O4S2. The molecule has 0 aliphatic heterocycles. The molecule has 164 valence electrons. The third kappa shape index (κ3) is 4.45. The molecule has 11 heteroatoms. The van der Waals surface area contributed by atoms with Crippen molar-refractivity contribution in [3.05, 3.63) is 76.0 Å². The number of carbonyl (C=O) groups excluding carboxylic acids is 1. The zero-order valence-electron chi connectivity index (χ0n) is 16.4. The van der Waals surface area contributed by atoms with Crippen LogP contribution in [0.25, 0.3) is 10.2 Å². The normalized spacial score (nSPS) is 11.3. The Morgan fingerprint density at radius 1 is 1.16 bits per heavy atom. The number of pyridine rings is 1. The molecule has 0 aliphatic carbocycles. The second kappa shape index (κ2) is 8.85. The van der Waals surface area contributed by atoms with Crippen LogP contribution in [0, 0.1) is 5.82 Å². The molecule has 4 aromatic rings. The fourth-order valence-corrected chi connectivity index (χ4v) is 5.82. The lowest BCUT2D eigenvalue weighted by Crippen LogP contribution is -2.18. The van der Waals surface area contributed by atoms with Crippen LogP contribution in [0.5, 0.6) is 5.75 Å². The number of methoxy groups -OCH3 is 1. The highest BCUT2D eigenvalue weighted by Crippen LogP contribution is 2.37. The zero-order chi connectivity index (χ0) is 22.9. The first-order valence-electron chi connectivity index (χ1n) is 9.09. The number of hydrogen-bond acceptors (Lipinski definition) is 6. The van der Waals surface area contributed by atoms with Crippen molar-refractivity contribution in [1.29, 1.82) is 0 Å². The van der Waals surface area contributed by atoms with E-state index in [2.05, 4.69) is 31.0 Å². The van der Waals surface area contributed by atoms with E-state index in [0.717, 1.165) is 11.3 Å². The van der Waals surface area contributed by atoms with Gasteiger partial charge in [-0.2, -0.15) is 0 Å². The number of halogens is 2. The molecule has 0 spiro atoms. The molecule has 0 radical (unpaired) electrons. The molecular weight excluding hydrogens is 521 g/mol. The van der Waals surface area contributed by atoms with Gasteiger partial charge in [0.2, 0.25) is 0 Å². The standard InChI is InChI=1S/C21H15BrFN3O4S2/c1-30-16-9-4-12(22)11-17(16)32(28,29)26-18-15-3-2-10-24-21(15)31-19(18)20(27)25-14-7-5-13(23)6-8-14/h2-11,26H,1H3,(H,25,27). The van der Waals surface area contributed by atoms with Crippen LogP contribution in [-0.4, -0.2) is 26.4 Å². The number of thiophene rings is 1. The summed E-state index contributed by atoms with van der Waals surface area (Å²) in [6, 6.07) is 13.2. The molecule has 0 atom stereocenters. The van der Waals surface area contributed by atoms with Crippen molar-refractivity contribution in [2.24, 2.45) is 0 Å². The van der Waals surface area contributed by atoms with Crippen molar-refractivity contribution in [3.63, 3.8) is 0 Å². The van der Waals surface area contributed by atoms with Gasteiger partial charge in [0.1, 0.15) is 26.2 Å². The number of ether oxygens (including phenoxy) is 1. The molecule has 2 N–H and O–H groups in total. The smallest absolute Gasteiger partial charge is 0.267 e. The minimum absolute atomic E-state index is 0.0949. The van der Waals surface area contributed by atoms with Gasteiger partial charge < -0.3 is 10.1 Å². The minimum Gasteiger partial charge on any atom is -0.495 e. The van der Waals surface area contributed by atoms with Gasteiger partial charge in [0.25, 0.3) is 15.9 Å². The van der Waals surface area contributed by atoms with E-state index >= 15 is 0 Å². The second-order valence-electron chi connectivity index (χ2n) is 6.52.